The largest absolute Gasteiger partial charge is 0.493 e. The third kappa shape index (κ3) is 3.66. The van der Waals surface area contributed by atoms with E-state index >= 15 is 0 Å². The molecule has 116 valence electrons. The van der Waals surface area contributed by atoms with Gasteiger partial charge in [0.05, 0.1) is 19.9 Å². The lowest BCUT2D eigenvalue weighted by molar-refractivity contribution is 0.0950. The molecule has 0 saturated heterocycles. The lowest BCUT2D eigenvalue weighted by Crippen LogP contribution is -2.26. The molecule has 2 aromatic rings. The number of aromatic nitrogens is 1. The van der Waals surface area contributed by atoms with Gasteiger partial charge in [0.1, 0.15) is 5.69 Å². The molecule has 1 aromatic heterocycles. The molecule has 1 heterocycles. The Labute approximate surface area is 128 Å². The van der Waals surface area contributed by atoms with Gasteiger partial charge in [0.2, 0.25) is 0 Å². The summed E-state index contributed by atoms with van der Waals surface area (Å²) in [7, 11) is 3.17. The Morgan fingerprint density at radius 2 is 1.95 bits per heavy atom. The van der Waals surface area contributed by atoms with Crippen LogP contribution in [0.15, 0.2) is 30.3 Å². The molecule has 1 aromatic carbocycles. The van der Waals surface area contributed by atoms with Crippen molar-refractivity contribution in [3.8, 4) is 11.5 Å². The van der Waals surface area contributed by atoms with Gasteiger partial charge in [-0.15, -0.1) is 0 Å². The SMILES string of the molecule is COc1ccc(CCNC(=O)c2ccc(C=O)[nH]2)cc1OC. The van der Waals surface area contributed by atoms with Crippen LogP contribution in [0.25, 0.3) is 0 Å². The van der Waals surface area contributed by atoms with Crippen molar-refractivity contribution >= 4 is 12.2 Å². The molecule has 0 aliphatic carbocycles. The third-order valence-corrected chi connectivity index (χ3v) is 3.23. The van der Waals surface area contributed by atoms with Crippen molar-refractivity contribution in [3.63, 3.8) is 0 Å². The molecule has 0 bridgehead atoms. The highest BCUT2D eigenvalue weighted by Crippen LogP contribution is 2.27. The highest BCUT2D eigenvalue weighted by Gasteiger charge is 2.08. The van der Waals surface area contributed by atoms with Crippen molar-refractivity contribution in [1.29, 1.82) is 0 Å². The summed E-state index contributed by atoms with van der Waals surface area (Å²) in [5.74, 6) is 1.09. The molecule has 0 aliphatic rings. The molecule has 6 nitrogen and oxygen atoms in total. The van der Waals surface area contributed by atoms with E-state index in [9.17, 15) is 9.59 Å². The van der Waals surface area contributed by atoms with Gasteiger partial charge in [0, 0.05) is 6.54 Å². The van der Waals surface area contributed by atoms with Crippen molar-refractivity contribution in [2.45, 2.75) is 6.42 Å². The van der Waals surface area contributed by atoms with E-state index in [0.717, 1.165) is 5.56 Å². The zero-order valence-electron chi connectivity index (χ0n) is 12.5. The van der Waals surface area contributed by atoms with Crippen LogP contribution in [0, 0.1) is 0 Å². The highest BCUT2D eigenvalue weighted by atomic mass is 16.5. The van der Waals surface area contributed by atoms with Crippen molar-refractivity contribution in [2.24, 2.45) is 0 Å². The second kappa shape index (κ2) is 7.31. The van der Waals surface area contributed by atoms with Crippen LogP contribution in [0.1, 0.15) is 26.5 Å². The molecule has 6 heteroatoms. The molecule has 22 heavy (non-hydrogen) atoms. The molecule has 0 unspecified atom stereocenters. The van der Waals surface area contributed by atoms with E-state index in [4.69, 9.17) is 9.47 Å². The summed E-state index contributed by atoms with van der Waals surface area (Å²) >= 11 is 0. The normalized spacial score (nSPS) is 10.1. The molecule has 2 rings (SSSR count). The molecule has 0 saturated carbocycles. The van der Waals surface area contributed by atoms with E-state index in [-0.39, 0.29) is 5.91 Å². The van der Waals surface area contributed by atoms with Gasteiger partial charge in [-0.1, -0.05) is 6.07 Å². The number of nitrogens with one attached hydrogen (secondary N) is 2. The summed E-state index contributed by atoms with van der Waals surface area (Å²) < 4.78 is 10.4. The van der Waals surface area contributed by atoms with Crippen LogP contribution in [0.3, 0.4) is 0 Å². The predicted octanol–water partition coefficient (Wildman–Crippen LogP) is 1.82. The Bertz CT molecular complexity index is 664. The van der Waals surface area contributed by atoms with Crippen LogP contribution in [0.2, 0.25) is 0 Å². The Balaban J connectivity index is 1.90. The number of hydrogen-bond acceptors (Lipinski definition) is 4. The number of methoxy groups -OCH3 is 2. The molecular formula is C16H18N2O4. The van der Waals surface area contributed by atoms with Crippen molar-refractivity contribution in [1.82, 2.24) is 10.3 Å². The highest BCUT2D eigenvalue weighted by molar-refractivity contribution is 5.93. The van der Waals surface area contributed by atoms with E-state index < -0.39 is 0 Å². The Morgan fingerprint density at radius 1 is 1.18 bits per heavy atom. The molecule has 0 radical (unpaired) electrons. The number of H-pyrrole nitrogens is 1. The fraction of sp³-hybridized carbons (Fsp3) is 0.250. The molecule has 0 aliphatic heterocycles. The minimum atomic E-state index is -0.242. The number of rotatable bonds is 7. The van der Waals surface area contributed by atoms with Gasteiger partial charge in [0.25, 0.3) is 5.91 Å². The lowest BCUT2D eigenvalue weighted by atomic mass is 10.1. The van der Waals surface area contributed by atoms with Gasteiger partial charge in [-0.3, -0.25) is 9.59 Å². The van der Waals surface area contributed by atoms with Gasteiger partial charge in [0.15, 0.2) is 17.8 Å². The minimum absolute atomic E-state index is 0.242. The number of aromatic amines is 1. The average molecular weight is 302 g/mol. The summed E-state index contributed by atoms with van der Waals surface area (Å²) in [6, 6.07) is 8.78. The van der Waals surface area contributed by atoms with Crippen molar-refractivity contribution in [2.75, 3.05) is 20.8 Å². The predicted molar refractivity (Wildman–Crippen MR) is 81.8 cm³/mol. The number of hydrogen-bond donors (Lipinski definition) is 2. The monoisotopic (exact) mass is 302 g/mol. The van der Waals surface area contributed by atoms with Gasteiger partial charge < -0.3 is 19.8 Å². The van der Waals surface area contributed by atoms with Crippen LogP contribution in [0.5, 0.6) is 11.5 Å². The maximum Gasteiger partial charge on any atom is 0.267 e. The zero-order valence-corrected chi connectivity index (χ0v) is 12.5. The number of ether oxygens (including phenoxy) is 2. The third-order valence-electron chi connectivity index (χ3n) is 3.23. The second-order valence-corrected chi connectivity index (χ2v) is 4.64. The van der Waals surface area contributed by atoms with Gasteiger partial charge in [-0.2, -0.15) is 0 Å². The number of benzene rings is 1. The van der Waals surface area contributed by atoms with E-state index in [1.54, 1.807) is 26.4 Å². The number of amides is 1. The molecule has 0 atom stereocenters. The van der Waals surface area contributed by atoms with Crippen LogP contribution in [-0.4, -0.2) is 37.9 Å². The van der Waals surface area contributed by atoms with Crippen LogP contribution in [0.4, 0.5) is 0 Å². The quantitative estimate of drug-likeness (QED) is 0.765. The van der Waals surface area contributed by atoms with E-state index in [1.807, 2.05) is 18.2 Å². The van der Waals surface area contributed by atoms with Crippen LogP contribution < -0.4 is 14.8 Å². The first-order valence-electron chi connectivity index (χ1n) is 6.81. The van der Waals surface area contributed by atoms with Crippen LogP contribution in [-0.2, 0) is 6.42 Å². The van der Waals surface area contributed by atoms with Crippen molar-refractivity contribution < 1.29 is 19.1 Å². The molecule has 1 amide bonds. The van der Waals surface area contributed by atoms with Crippen LogP contribution >= 0.6 is 0 Å². The summed E-state index contributed by atoms with van der Waals surface area (Å²) in [5.41, 5.74) is 1.78. The van der Waals surface area contributed by atoms with Gasteiger partial charge in [-0.05, 0) is 36.2 Å². The fourth-order valence-electron chi connectivity index (χ4n) is 2.06. The Hall–Kier alpha value is -2.76. The van der Waals surface area contributed by atoms with E-state index in [1.165, 1.54) is 0 Å². The number of aldehydes is 1. The second-order valence-electron chi connectivity index (χ2n) is 4.64. The number of carbonyl (C=O) groups excluding carboxylic acids is 2. The summed E-state index contributed by atoms with van der Waals surface area (Å²) in [6.45, 7) is 0.476. The van der Waals surface area contributed by atoms with E-state index in [0.29, 0.717) is 42.1 Å². The summed E-state index contributed by atoms with van der Waals surface area (Å²) in [4.78, 5) is 25.2. The van der Waals surface area contributed by atoms with Crippen molar-refractivity contribution in [3.05, 3.63) is 47.3 Å². The van der Waals surface area contributed by atoms with E-state index in [2.05, 4.69) is 10.3 Å². The lowest BCUT2D eigenvalue weighted by Gasteiger charge is -2.10. The van der Waals surface area contributed by atoms with Gasteiger partial charge in [-0.25, -0.2) is 0 Å². The molecule has 2 N–H and O–H groups in total. The topological polar surface area (TPSA) is 80.4 Å². The molecule has 0 spiro atoms. The fourth-order valence-corrected chi connectivity index (χ4v) is 2.06. The summed E-state index contributed by atoms with van der Waals surface area (Å²) in [6.07, 6.45) is 1.33. The first kappa shape index (κ1) is 15.6. The maximum atomic E-state index is 11.9. The first-order valence-corrected chi connectivity index (χ1v) is 6.81. The first-order chi connectivity index (χ1) is 10.7. The number of carbonyl (C=O) groups is 2. The molecular weight excluding hydrogens is 284 g/mol. The Kier molecular flexibility index (Phi) is 5.19. The zero-order chi connectivity index (χ0) is 15.9. The van der Waals surface area contributed by atoms with Gasteiger partial charge >= 0.3 is 0 Å². The standard InChI is InChI=1S/C16H18N2O4/c1-21-14-6-3-11(9-15(14)22-2)7-8-17-16(20)13-5-4-12(10-19)18-13/h3-6,9-10,18H,7-8H2,1-2H3,(H,17,20). The Morgan fingerprint density at radius 3 is 2.59 bits per heavy atom. The summed E-state index contributed by atoms with van der Waals surface area (Å²) in [5, 5.41) is 2.79. The smallest absolute Gasteiger partial charge is 0.267 e. The maximum absolute atomic E-state index is 11.9. The minimum Gasteiger partial charge on any atom is -0.493 e. The molecule has 0 fully saturated rings. The average Bonchev–Trinajstić information content (AvgIpc) is 3.03.